The Balaban J connectivity index is 2.83. The molecule has 0 saturated carbocycles. The van der Waals surface area contributed by atoms with Crippen molar-refractivity contribution in [3.8, 4) is 0 Å². The van der Waals surface area contributed by atoms with E-state index in [1.54, 1.807) is 4.52 Å². The Kier molecular flexibility index (Phi) is 1.28. The molecule has 0 aliphatic rings. The molecule has 0 atom stereocenters. The lowest BCUT2D eigenvalue weighted by Gasteiger charge is -1.73. The Bertz CT molecular complexity index is 301. The molecule has 0 radical (unpaired) electrons. The molecule has 0 fully saturated rings. The molecule has 0 saturated heterocycles. The maximum atomic E-state index is 4.22. The third kappa shape index (κ3) is 0.856. The van der Waals surface area contributed by atoms with Crippen LogP contribution in [-0.4, -0.2) is 14.6 Å². The van der Waals surface area contributed by atoms with Gasteiger partial charge in [-0.3, -0.25) is 0 Å². The summed E-state index contributed by atoms with van der Waals surface area (Å²) in [5.74, 6) is 0. The van der Waals surface area contributed by atoms with Crippen molar-refractivity contribution in [3.05, 3.63) is 15.8 Å². The molecular formula is C5H4BrN3S. The van der Waals surface area contributed by atoms with Crippen LogP contribution in [0.4, 0.5) is 0 Å². The summed E-state index contributed by atoms with van der Waals surface area (Å²) >= 11 is 4.81. The van der Waals surface area contributed by atoms with Crippen LogP contribution in [0.15, 0.2) is 10.1 Å². The quantitative estimate of drug-likeness (QED) is 0.675. The van der Waals surface area contributed by atoms with Crippen LogP contribution in [0.3, 0.4) is 0 Å². The summed E-state index contributed by atoms with van der Waals surface area (Å²) in [4.78, 5) is 5.16. The molecule has 52 valence electrons. The molecule has 0 unspecified atom stereocenters. The summed E-state index contributed by atoms with van der Waals surface area (Å²) in [5, 5.41) is 4.12. The number of hydrogen-bond donors (Lipinski definition) is 0. The number of hydrogen-bond acceptors (Lipinski definition) is 3. The van der Waals surface area contributed by atoms with Gasteiger partial charge in [-0.05, 0) is 22.9 Å². The second kappa shape index (κ2) is 2.03. The minimum absolute atomic E-state index is 0.870. The van der Waals surface area contributed by atoms with Crippen molar-refractivity contribution in [2.45, 2.75) is 6.92 Å². The largest absolute Gasteiger partial charge is 0.223 e. The molecule has 2 aromatic rings. The summed E-state index contributed by atoms with van der Waals surface area (Å²) < 4.78 is 2.64. The van der Waals surface area contributed by atoms with Gasteiger partial charge in [-0.1, -0.05) is 11.3 Å². The summed E-state index contributed by atoms with van der Waals surface area (Å²) in [6.45, 7) is 1.95. The zero-order valence-corrected chi connectivity index (χ0v) is 7.61. The molecule has 0 aromatic carbocycles. The summed E-state index contributed by atoms with van der Waals surface area (Å²) in [6.07, 6.45) is 1.90. The van der Waals surface area contributed by atoms with Crippen LogP contribution in [0.25, 0.3) is 4.96 Å². The van der Waals surface area contributed by atoms with E-state index in [0.29, 0.717) is 0 Å². The molecule has 0 bridgehead atoms. The number of aromatic nitrogens is 3. The number of fused-ring (bicyclic) bond motifs is 1. The van der Waals surface area contributed by atoms with Gasteiger partial charge in [0.05, 0.1) is 11.9 Å². The van der Waals surface area contributed by atoms with Crippen LogP contribution >= 0.6 is 27.3 Å². The first-order chi connectivity index (χ1) is 4.75. The van der Waals surface area contributed by atoms with Gasteiger partial charge in [0.15, 0.2) is 3.92 Å². The van der Waals surface area contributed by atoms with Crippen LogP contribution in [0, 0.1) is 6.92 Å². The van der Waals surface area contributed by atoms with Crippen LogP contribution in [-0.2, 0) is 0 Å². The fourth-order valence-electron chi connectivity index (χ4n) is 0.785. The zero-order valence-electron chi connectivity index (χ0n) is 5.21. The first kappa shape index (κ1) is 6.30. The Morgan fingerprint density at radius 3 is 3.20 bits per heavy atom. The van der Waals surface area contributed by atoms with Crippen molar-refractivity contribution < 1.29 is 0 Å². The average molecular weight is 218 g/mol. The van der Waals surface area contributed by atoms with E-state index in [0.717, 1.165) is 14.6 Å². The third-order valence-electron chi connectivity index (χ3n) is 1.14. The summed E-state index contributed by atoms with van der Waals surface area (Å²) in [6, 6.07) is 0. The highest BCUT2D eigenvalue weighted by atomic mass is 79.9. The number of imidazole rings is 1. The molecule has 0 spiro atoms. The lowest BCUT2D eigenvalue weighted by molar-refractivity contribution is 0.956. The van der Waals surface area contributed by atoms with Gasteiger partial charge in [0.1, 0.15) is 0 Å². The van der Waals surface area contributed by atoms with E-state index in [1.165, 1.54) is 11.3 Å². The normalized spacial score (nSPS) is 11.0. The molecule has 0 amide bonds. The van der Waals surface area contributed by atoms with E-state index in [2.05, 4.69) is 26.0 Å². The van der Waals surface area contributed by atoms with Crippen LogP contribution < -0.4 is 0 Å². The summed E-state index contributed by atoms with van der Waals surface area (Å²) in [7, 11) is 0. The predicted octanol–water partition coefficient (Wildman–Crippen LogP) is 1.86. The Morgan fingerprint density at radius 2 is 2.50 bits per heavy atom. The van der Waals surface area contributed by atoms with Crippen LogP contribution in [0.2, 0.25) is 0 Å². The van der Waals surface area contributed by atoms with Gasteiger partial charge in [-0.2, -0.15) is 0 Å². The molecular weight excluding hydrogens is 214 g/mol. The van der Waals surface area contributed by atoms with Crippen LogP contribution in [0.5, 0.6) is 0 Å². The fourth-order valence-corrected chi connectivity index (χ4v) is 2.05. The minimum atomic E-state index is 0.870. The Morgan fingerprint density at radius 1 is 1.70 bits per heavy atom. The lowest BCUT2D eigenvalue weighted by Crippen LogP contribution is -1.77. The molecule has 10 heavy (non-hydrogen) atoms. The number of rotatable bonds is 0. The molecule has 0 aliphatic heterocycles. The molecule has 2 aromatic heterocycles. The Labute approximate surface area is 69.8 Å². The number of aryl methyl sites for hydroxylation is 1. The van der Waals surface area contributed by atoms with Crippen molar-refractivity contribution in [2.75, 3.05) is 0 Å². The van der Waals surface area contributed by atoms with Gasteiger partial charge in [-0.15, -0.1) is 5.10 Å². The predicted molar refractivity (Wildman–Crippen MR) is 43.3 cm³/mol. The van der Waals surface area contributed by atoms with Crippen molar-refractivity contribution >= 4 is 32.2 Å². The Hall–Kier alpha value is -0.420. The van der Waals surface area contributed by atoms with E-state index in [9.17, 15) is 0 Å². The molecule has 2 rings (SSSR count). The fraction of sp³-hybridized carbons (Fsp3) is 0.200. The maximum Gasteiger partial charge on any atom is 0.213 e. The van der Waals surface area contributed by atoms with E-state index in [4.69, 9.17) is 0 Å². The first-order valence-electron chi connectivity index (χ1n) is 2.74. The highest BCUT2D eigenvalue weighted by Gasteiger charge is 2.01. The molecule has 2 heterocycles. The van der Waals surface area contributed by atoms with Crippen molar-refractivity contribution in [1.29, 1.82) is 0 Å². The first-order valence-corrected chi connectivity index (χ1v) is 4.35. The SMILES string of the molecule is Cc1cn2nc(Br)sc2n1. The van der Waals surface area contributed by atoms with Gasteiger partial charge in [0.2, 0.25) is 4.96 Å². The van der Waals surface area contributed by atoms with Crippen molar-refractivity contribution in [1.82, 2.24) is 14.6 Å². The lowest BCUT2D eigenvalue weighted by atomic mass is 10.6. The number of nitrogens with zero attached hydrogens (tertiary/aromatic N) is 3. The van der Waals surface area contributed by atoms with Gasteiger partial charge in [0.25, 0.3) is 0 Å². The smallest absolute Gasteiger partial charge is 0.213 e. The van der Waals surface area contributed by atoms with Crippen LogP contribution in [0.1, 0.15) is 5.69 Å². The maximum absolute atomic E-state index is 4.22. The van der Waals surface area contributed by atoms with Gasteiger partial charge < -0.3 is 0 Å². The van der Waals surface area contributed by atoms with E-state index >= 15 is 0 Å². The van der Waals surface area contributed by atoms with Gasteiger partial charge in [-0.25, -0.2) is 9.50 Å². The van der Waals surface area contributed by atoms with Crippen molar-refractivity contribution in [3.63, 3.8) is 0 Å². The molecule has 0 N–H and O–H groups in total. The van der Waals surface area contributed by atoms with E-state index in [-0.39, 0.29) is 0 Å². The second-order valence-electron chi connectivity index (χ2n) is 1.96. The second-order valence-corrected chi connectivity index (χ2v) is 4.20. The van der Waals surface area contributed by atoms with Gasteiger partial charge in [0, 0.05) is 0 Å². The topological polar surface area (TPSA) is 30.2 Å². The standard InChI is InChI=1S/C5H4BrN3S/c1-3-2-9-5(7-3)10-4(6)8-9/h2H,1H3. The highest BCUT2D eigenvalue weighted by Crippen LogP contribution is 2.18. The van der Waals surface area contributed by atoms with Gasteiger partial charge >= 0.3 is 0 Å². The summed E-state index contributed by atoms with van der Waals surface area (Å²) in [5.41, 5.74) is 1.01. The molecule has 3 nitrogen and oxygen atoms in total. The highest BCUT2D eigenvalue weighted by molar-refractivity contribution is 9.11. The van der Waals surface area contributed by atoms with E-state index in [1.807, 2.05) is 13.1 Å². The van der Waals surface area contributed by atoms with Crippen molar-refractivity contribution in [2.24, 2.45) is 0 Å². The molecule has 5 heteroatoms. The van der Waals surface area contributed by atoms with E-state index < -0.39 is 0 Å². The number of halogens is 1. The average Bonchev–Trinajstić information content (AvgIpc) is 2.21. The monoisotopic (exact) mass is 217 g/mol. The third-order valence-corrected chi connectivity index (χ3v) is 2.49. The zero-order chi connectivity index (χ0) is 7.14. The minimum Gasteiger partial charge on any atom is -0.223 e. The molecule has 0 aliphatic carbocycles.